The maximum Gasteiger partial charge on any atom is 0.267 e. The Morgan fingerprint density at radius 1 is 0.209 bits per heavy atom. The molecule has 5 aromatic heterocycles. The molecule has 9 nitrogen and oxygen atoms in total. The van der Waals surface area contributed by atoms with Gasteiger partial charge in [-0.2, -0.15) is 0 Å². The number of para-hydroxylation sites is 7. The van der Waals surface area contributed by atoms with E-state index >= 15 is 4.79 Å². The van der Waals surface area contributed by atoms with Gasteiger partial charge in [-0.05, 0) is 198 Å². The first-order chi connectivity index (χ1) is 45.0. The summed E-state index contributed by atoms with van der Waals surface area (Å²) in [7, 11) is 0. The van der Waals surface area contributed by atoms with Crippen LogP contribution in [0, 0.1) is 0 Å². The number of hydrogen-bond donors (Lipinski definition) is 0. The van der Waals surface area contributed by atoms with Gasteiger partial charge in [0.25, 0.3) is 11.1 Å². The maximum absolute atomic E-state index is 15.3. The van der Waals surface area contributed by atoms with Gasteiger partial charge in [-0.25, -0.2) is 19.1 Å². The van der Waals surface area contributed by atoms with Crippen LogP contribution in [0.3, 0.4) is 0 Å². The van der Waals surface area contributed by atoms with Crippen molar-refractivity contribution in [3.05, 3.63) is 318 Å². The van der Waals surface area contributed by atoms with Gasteiger partial charge in [0.2, 0.25) is 11.6 Å². The lowest BCUT2D eigenvalue weighted by Gasteiger charge is -2.15. The number of imidazole rings is 2. The lowest BCUT2D eigenvalue weighted by molar-refractivity contribution is 0.983. The van der Waals surface area contributed by atoms with Crippen molar-refractivity contribution in [2.45, 2.75) is 0 Å². The van der Waals surface area contributed by atoms with Gasteiger partial charge >= 0.3 is 0 Å². The first-order valence-corrected chi connectivity index (χ1v) is 30.6. The molecule has 9 heteroatoms. The molecule has 0 radical (unpaired) electrons. The summed E-state index contributed by atoms with van der Waals surface area (Å²) in [6.45, 7) is 0. The molecule has 0 aliphatic carbocycles. The molecule has 0 saturated carbocycles. The van der Waals surface area contributed by atoms with Crippen molar-refractivity contribution in [1.82, 2.24) is 32.5 Å². The topological polar surface area (TPSA) is 83.5 Å². The van der Waals surface area contributed by atoms with Crippen LogP contribution in [-0.4, -0.2) is 32.5 Å². The van der Waals surface area contributed by atoms with E-state index in [2.05, 4.69) is 220 Å². The van der Waals surface area contributed by atoms with E-state index in [1.807, 2.05) is 91.0 Å². The molecule has 424 valence electrons. The third kappa shape index (κ3) is 7.65. The summed E-state index contributed by atoms with van der Waals surface area (Å²) in [6.07, 6.45) is 0. The lowest BCUT2D eigenvalue weighted by Crippen LogP contribution is -2.21. The van der Waals surface area contributed by atoms with E-state index in [1.54, 1.807) is 9.13 Å². The van der Waals surface area contributed by atoms with Gasteiger partial charge in [-0.3, -0.25) is 18.4 Å². The minimum atomic E-state index is -0.139. The second-order valence-electron chi connectivity index (χ2n) is 23.7. The zero-order chi connectivity index (χ0) is 60.0. The summed E-state index contributed by atoms with van der Waals surface area (Å²) in [6, 6.07) is 103. The van der Waals surface area contributed by atoms with Crippen LogP contribution in [0.25, 0.3) is 171 Å². The van der Waals surface area contributed by atoms with Crippen LogP contribution >= 0.6 is 0 Å². The van der Waals surface area contributed by atoms with Crippen molar-refractivity contribution in [1.29, 1.82) is 0 Å². The molecule has 0 fully saturated rings. The normalized spacial score (nSPS) is 12.0. The average Bonchev–Trinajstić information content (AvgIpc) is 1.86. The lowest BCUT2D eigenvalue weighted by atomic mass is 9.90. The Balaban J connectivity index is 0.695. The Kier molecular flexibility index (Phi) is 10.9. The molecule has 0 aliphatic rings. The summed E-state index contributed by atoms with van der Waals surface area (Å²) in [5, 5.41) is 10.5. The van der Waals surface area contributed by atoms with Crippen LogP contribution < -0.4 is 11.1 Å². The van der Waals surface area contributed by atoms with Gasteiger partial charge in [-0.1, -0.05) is 176 Å². The monoisotopic (exact) mass is 1160 g/mol. The van der Waals surface area contributed by atoms with Gasteiger partial charge in [0, 0.05) is 16.5 Å². The largest absolute Gasteiger partial charge is 0.309 e. The molecule has 0 saturated heterocycles. The van der Waals surface area contributed by atoms with E-state index in [-0.39, 0.29) is 11.1 Å². The molecule has 0 amide bonds. The fraction of sp³-hybridized carbons (Fsp3) is 0. The quantitative estimate of drug-likeness (QED) is 0.149. The predicted octanol–water partition coefficient (Wildman–Crippen LogP) is 19.1. The van der Waals surface area contributed by atoms with E-state index in [1.165, 1.54) is 10.8 Å². The molecule has 5 heterocycles. The molecule has 0 unspecified atom stereocenters. The van der Waals surface area contributed by atoms with Gasteiger partial charge in [0.15, 0.2) is 0 Å². The first kappa shape index (κ1) is 50.7. The van der Waals surface area contributed by atoms with Crippen LogP contribution in [0.2, 0.25) is 0 Å². The minimum absolute atomic E-state index is 0.114. The Hall–Kier alpha value is -12.5. The number of hydrogen-bond acceptors (Lipinski definition) is 4. The highest BCUT2D eigenvalue weighted by Gasteiger charge is 2.22. The Morgan fingerprint density at radius 3 is 1.12 bits per heavy atom. The Morgan fingerprint density at radius 2 is 0.571 bits per heavy atom. The summed E-state index contributed by atoms with van der Waals surface area (Å²) < 4.78 is 10.1. The molecule has 0 atom stereocenters. The molecule has 0 bridgehead atoms. The number of aromatic nitrogens is 7. The summed E-state index contributed by atoms with van der Waals surface area (Å²) >= 11 is 0. The van der Waals surface area contributed by atoms with E-state index in [4.69, 9.17) is 9.97 Å². The van der Waals surface area contributed by atoms with Gasteiger partial charge in [0.05, 0.1) is 66.3 Å². The number of nitrogens with zero attached hydrogens (tertiary/aromatic N) is 7. The van der Waals surface area contributed by atoms with Gasteiger partial charge in [0.1, 0.15) is 0 Å². The Bertz CT molecular complexity index is 6430. The van der Waals surface area contributed by atoms with Crippen molar-refractivity contribution >= 4 is 110 Å². The second-order valence-corrected chi connectivity index (χ2v) is 23.7. The van der Waals surface area contributed by atoms with E-state index in [0.29, 0.717) is 22.3 Å². The predicted molar refractivity (Wildman–Crippen MR) is 374 cm³/mol. The fourth-order valence-electron chi connectivity index (χ4n) is 14.4. The van der Waals surface area contributed by atoms with Gasteiger partial charge < -0.3 is 4.57 Å². The first-order valence-electron chi connectivity index (χ1n) is 30.6. The number of fused-ring (bicyclic) bond motifs is 19. The zero-order valence-corrected chi connectivity index (χ0v) is 48.7. The number of benzene rings is 14. The van der Waals surface area contributed by atoms with E-state index in [0.717, 1.165) is 138 Å². The SMILES string of the molecule is O=c1c2ccc(-c3cccc(-c4ccc5c6ccc(-c7cccc(-n8c(=O)c9ccc(-c%10ccc%11c(c%10)c%10ccccc%10n%11-c%10ccccc%10)cc9n9c%10ccccc%10nc89)c7)cc6c6ccccc6c5c4)c3)cc2n2c3ccccc3nc2n1-c1ccccc1. The molecule has 0 N–H and O–H groups in total. The summed E-state index contributed by atoms with van der Waals surface area (Å²) in [5.74, 6) is 1.12. The van der Waals surface area contributed by atoms with E-state index in [9.17, 15) is 4.79 Å². The van der Waals surface area contributed by atoms with Crippen molar-refractivity contribution in [2.75, 3.05) is 0 Å². The molecule has 0 aliphatic heterocycles. The van der Waals surface area contributed by atoms with Crippen LogP contribution in [0.15, 0.2) is 307 Å². The Labute approximate surface area is 518 Å². The molecule has 19 aromatic rings. The second kappa shape index (κ2) is 19.5. The molecular weight excluding hydrogens is 1110 g/mol. The molecule has 19 rings (SSSR count). The van der Waals surface area contributed by atoms with E-state index < -0.39 is 0 Å². The van der Waals surface area contributed by atoms with Crippen molar-refractivity contribution in [2.24, 2.45) is 0 Å². The van der Waals surface area contributed by atoms with Crippen LogP contribution in [0.1, 0.15) is 0 Å². The van der Waals surface area contributed by atoms with Crippen molar-refractivity contribution in [3.8, 4) is 61.6 Å². The minimum Gasteiger partial charge on any atom is -0.309 e. The average molecular weight is 1160 g/mol. The van der Waals surface area contributed by atoms with Crippen LogP contribution in [-0.2, 0) is 0 Å². The smallest absolute Gasteiger partial charge is 0.267 e. The summed E-state index contributed by atoms with van der Waals surface area (Å²) in [5.41, 5.74) is 18.1. The molecule has 91 heavy (non-hydrogen) atoms. The highest BCUT2D eigenvalue weighted by Crippen LogP contribution is 2.41. The molecule has 0 spiro atoms. The molecular formula is C82H49N7O2. The van der Waals surface area contributed by atoms with Crippen LogP contribution in [0.4, 0.5) is 0 Å². The third-order valence-corrected chi connectivity index (χ3v) is 18.7. The standard InChI is InChI=1S/C82H49N7O2/c90-79-66-40-35-56(48-77(66)88-75-31-13-10-28-71(75)83-81(88)86(79)59-22-5-2-6-23-59)51-18-15-17-50(43-51)53-33-38-63-64-39-34-54(46-69(64)62-26-8-7-25-61(62)68(63)45-53)52-19-16-24-60(44-52)87-80(91)67-41-36-57(49-78(67)89-76-32-14-11-29-72(76)84-82(87)89)55-37-42-74-70(47-55)65-27-9-12-30-73(65)85(74)58-20-3-1-4-21-58/h1-49H. The number of rotatable bonds is 7. The highest BCUT2D eigenvalue weighted by atomic mass is 16.1. The highest BCUT2D eigenvalue weighted by molar-refractivity contribution is 6.26. The molecule has 14 aromatic carbocycles. The maximum atomic E-state index is 15.3. The van der Waals surface area contributed by atoms with Crippen molar-refractivity contribution in [3.63, 3.8) is 0 Å². The fourth-order valence-corrected chi connectivity index (χ4v) is 14.4. The third-order valence-electron chi connectivity index (χ3n) is 18.7. The zero-order valence-electron chi connectivity index (χ0n) is 48.7. The van der Waals surface area contributed by atoms with Crippen LogP contribution in [0.5, 0.6) is 0 Å². The van der Waals surface area contributed by atoms with Crippen molar-refractivity contribution < 1.29 is 0 Å². The van der Waals surface area contributed by atoms with Gasteiger partial charge in [-0.15, -0.1) is 0 Å². The summed E-state index contributed by atoms with van der Waals surface area (Å²) in [4.78, 5) is 39.9.